The van der Waals surface area contributed by atoms with Crippen LogP contribution in [0.5, 0.6) is 0 Å². The Morgan fingerprint density at radius 2 is 2.00 bits per heavy atom. The quantitative estimate of drug-likeness (QED) is 0.670. The SMILES string of the molecule is NNC(Cc1ccc(F)cc1)c1cscc1Br. The predicted octanol–water partition coefficient (Wildman–Crippen LogP) is 3.40. The van der Waals surface area contributed by atoms with Crippen LogP contribution in [0.15, 0.2) is 39.5 Å². The zero-order valence-corrected chi connectivity index (χ0v) is 11.4. The van der Waals surface area contributed by atoms with Crippen LogP contribution in [0.3, 0.4) is 0 Å². The van der Waals surface area contributed by atoms with E-state index >= 15 is 0 Å². The molecule has 0 spiro atoms. The van der Waals surface area contributed by atoms with E-state index in [0.29, 0.717) is 0 Å². The minimum atomic E-state index is -0.220. The Balaban J connectivity index is 2.16. The molecule has 3 N–H and O–H groups in total. The highest BCUT2D eigenvalue weighted by molar-refractivity contribution is 9.10. The van der Waals surface area contributed by atoms with E-state index in [4.69, 9.17) is 5.84 Å². The molecule has 17 heavy (non-hydrogen) atoms. The standard InChI is InChI=1S/C12H12BrFN2S/c13-11-7-17-6-10(11)12(16-15)5-8-1-3-9(14)4-2-8/h1-4,6-7,12,16H,5,15H2. The molecule has 1 atom stereocenters. The highest BCUT2D eigenvalue weighted by Crippen LogP contribution is 2.29. The van der Waals surface area contributed by atoms with Gasteiger partial charge < -0.3 is 0 Å². The highest BCUT2D eigenvalue weighted by Gasteiger charge is 2.14. The summed E-state index contributed by atoms with van der Waals surface area (Å²) in [7, 11) is 0. The average molecular weight is 315 g/mol. The molecule has 1 heterocycles. The summed E-state index contributed by atoms with van der Waals surface area (Å²) in [6.45, 7) is 0. The number of rotatable bonds is 4. The Hall–Kier alpha value is -0.750. The number of thiophene rings is 1. The van der Waals surface area contributed by atoms with Crippen molar-refractivity contribution in [3.05, 3.63) is 56.4 Å². The van der Waals surface area contributed by atoms with Crippen molar-refractivity contribution in [2.24, 2.45) is 5.84 Å². The van der Waals surface area contributed by atoms with Crippen molar-refractivity contribution in [3.63, 3.8) is 0 Å². The number of hydrazine groups is 1. The molecular weight excluding hydrogens is 303 g/mol. The van der Waals surface area contributed by atoms with Crippen molar-refractivity contribution in [1.29, 1.82) is 0 Å². The normalized spacial score (nSPS) is 12.6. The molecule has 0 bridgehead atoms. The Bertz CT molecular complexity index is 484. The van der Waals surface area contributed by atoms with Gasteiger partial charge in [-0.15, -0.1) is 0 Å². The minimum absolute atomic E-state index is 0.0288. The van der Waals surface area contributed by atoms with Crippen molar-refractivity contribution in [2.45, 2.75) is 12.5 Å². The van der Waals surface area contributed by atoms with Gasteiger partial charge in [0, 0.05) is 9.85 Å². The molecule has 2 rings (SSSR count). The Labute approximate surface area is 112 Å². The van der Waals surface area contributed by atoms with Crippen LogP contribution in [0.2, 0.25) is 0 Å². The topological polar surface area (TPSA) is 38.0 Å². The van der Waals surface area contributed by atoms with Crippen molar-refractivity contribution in [2.75, 3.05) is 0 Å². The number of hydrogen-bond donors (Lipinski definition) is 2. The second kappa shape index (κ2) is 5.73. The van der Waals surface area contributed by atoms with Gasteiger partial charge in [0.2, 0.25) is 0 Å². The third-order valence-electron chi connectivity index (χ3n) is 2.57. The summed E-state index contributed by atoms with van der Waals surface area (Å²) in [4.78, 5) is 0. The Morgan fingerprint density at radius 3 is 2.53 bits per heavy atom. The van der Waals surface area contributed by atoms with Gasteiger partial charge in [-0.1, -0.05) is 12.1 Å². The van der Waals surface area contributed by atoms with Gasteiger partial charge in [-0.25, -0.2) is 4.39 Å². The van der Waals surface area contributed by atoms with E-state index in [2.05, 4.69) is 26.7 Å². The summed E-state index contributed by atoms with van der Waals surface area (Å²) in [5.74, 6) is 5.35. The Morgan fingerprint density at radius 1 is 1.29 bits per heavy atom. The maximum absolute atomic E-state index is 12.8. The molecule has 0 radical (unpaired) electrons. The van der Waals surface area contributed by atoms with Gasteiger partial charge in [-0.05, 0) is 51.0 Å². The second-order valence-electron chi connectivity index (χ2n) is 3.72. The zero-order valence-electron chi connectivity index (χ0n) is 8.99. The van der Waals surface area contributed by atoms with E-state index < -0.39 is 0 Å². The van der Waals surface area contributed by atoms with Crippen LogP contribution >= 0.6 is 27.3 Å². The van der Waals surface area contributed by atoms with Gasteiger partial charge in [0.1, 0.15) is 5.82 Å². The fraction of sp³-hybridized carbons (Fsp3) is 0.167. The number of hydrogen-bond acceptors (Lipinski definition) is 3. The molecule has 0 amide bonds. The minimum Gasteiger partial charge on any atom is -0.271 e. The van der Waals surface area contributed by atoms with Crippen LogP contribution in [-0.4, -0.2) is 0 Å². The van der Waals surface area contributed by atoms with Crippen molar-refractivity contribution in [1.82, 2.24) is 5.43 Å². The molecule has 0 fully saturated rings. The lowest BCUT2D eigenvalue weighted by molar-refractivity contribution is 0.550. The van der Waals surface area contributed by atoms with E-state index in [-0.39, 0.29) is 11.9 Å². The van der Waals surface area contributed by atoms with Crippen LogP contribution in [0.4, 0.5) is 4.39 Å². The molecule has 5 heteroatoms. The van der Waals surface area contributed by atoms with E-state index in [0.717, 1.165) is 22.0 Å². The number of halogens is 2. The molecular formula is C12H12BrFN2S. The molecule has 0 saturated heterocycles. The summed E-state index contributed by atoms with van der Waals surface area (Å²) in [6.07, 6.45) is 0.728. The lowest BCUT2D eigenvalue weighted by Crippen LogP contribution is -2.29. The molecule has 0 aliphatic heterocycles. The largest absolute Gasteiger partial charge is 0.271 e. The van der Waals surface area contributed by atoms with Gasteiger partial charge in [0.15, 0.2) is 0 Å². The lowest BCUT2D eigenvalue weighted by Gasteiger charge is -2.15. The molecule has 2 aromatic rings. The number of nitrogens with one attached hydrogen (secondary N) is 1. The molecule has 1 aromatic carbocycles. The Kier molecular flexibility index (Phi) is 4.28. The van der Waals surface area contributed by atoms with Gasteiger partial charge in [-0.2, -0.15) is 11.3 Å². The summed E-state index contributed by atoms with van der Waals surface area (Å²) < 4.78 is 13.8. The first-order valence-electron chi connectivity index (χ1n) is 5.13. The fourth-order valence-electron chi connectivity index (χ4n) is 1.65. The summed E-state index contributed by atoms with van der Waals surface area (Å²) in [6, 6.07) is 6.51. The van der Waals surface area contributed by atoms with E-state index in [1.807, 2.05) is 5.38 Å². The number of benzene rings is 1. The first-order chi connectivity index (χ1) is 8.20. The smallest absolute Gasteiger partial charge is 0.123 e. The fourth-order valence-corrected chi connectivity index (χ4v) is 3.28. The van der Waals surface area contributed by atoms with E-state index in [1.54, 1.807) is 23.5 Å². The molecule has 1 unspecified atom stereocenters. The zero-order chi connectivity index (χ0) is 12.3. The maximum atomic E-state index is 12.8. The third kappa shape index (κ3) is 3.13. The van der Waals surface area contributed by atoms with Crippen LogP contribution in [0.1, 0.15) is 17.2 Å². The number of nitrogens with two attached hydrogens (primary N) is 1. The maximum Gasteiger partial charge on any atom is 0.123 e. The van der Waals surface area contributed by atoms with Crippen molar-refractivity contribution >= 4 is 27.3 Å². The second-order valence-corrected chi connectivity index (χ2v) is 5.32. The van der Waals surface area contributed by atoms with E-state index in [1.165, 1.54) is 12.1 Å². The van der Waals surface area contributed by atoms with Gasteiger partial charge in [0.05, 0.1) is 6.04 Å². The van der Waals surface area contributed by atoms with Crippen LogP contribution in [-0.2, 0) is 6.42 Å². The molecule has 1 aromatic heterocycles. The molecule has 0 aliphatic rings. The van der Waals surface area contributed by atoms with Crippen molar-refractivity contribution < 1.29 is 4.39 Å². The highest BCUT2D eigenvalue weighted by atomic mass is 79.9. The molecule has 0 saturated carbocycles. The summed E-state index contributed by atoms with van der Waals surface area (Å²) in [5, 5.41) is 4.07. The summed E-state index contributed by atoms with van der Waals surface area (Å²) >= 11 is 5.11. The molecule has 2 nitrogen and oxygen atoms in total. The summed E-state index contributed by atoms with van der Waals surface area (Å²) in [5.41, 5.74) is 4.97. The van der Waals surface area contributed by atoms with E-state index in [9.17, 15) is 4.39 Å². The molecule has 90 valence electrons. The van der Waals surface area contributed by atoms with Gasteiger partial charge in [0.25, 0.3) is 0 Å². The van der Waals surface area contributed by atoms with Gasteiger partial charge >= 0.3 is 0 Å². The first-order valence-corrected chi connectivity index (χ1v) is 6.86. The third-order valence-corrected chi connectivity index (χ3v) is 4.32. The van der Waals surface area contributed by atoms with Crippen LogP contribution in [0.25, 0.3) is 0 Å². The van der Waals surface area contributed by atoms with Crippen molar-refractivity contribution in [3.8, 4) is 0 Å². The van der Waals surface area contributed by atoms with Crippen LogP contribution < -0.4 is 11.3 Å². The first kappa shape index (κ1) is 12.7. The van der Waals surface area contributed by atoms with Gasteiger partial charge in [-0.3, -0.25) is 11.3 Å². The monoisotopic (exact) mass is 314 g/mol. The average Bonchev–Trinajstić information content (AvgIpc) is 2.75. The van der Waals surface area contributed by atoms with Crippen LogP contribution in [0, 0.1) is 5.82 Å². The molecule has 0 aliphatic carbocycles. The lowest BCUT2D eigenvalue weighted by atomic mass is 10.0. The predicted molar refractivity (Wildman–Crippen MR) is 72.2 cm³/mol.